The third-order valence-electron chi connectivity index (χ3n) is 3.31. The molecule has 0 saturated heterocycles. The summed E-state index contributed by atoms with van der Waals surface area (Å²) in [6.07, 6.45) is 0.977. The Morgan fingerprint density at radius 3 is 2.61 bits per heavy atom. The molecule has 0 radical (unpaired) electrons. The highest BCUT2D eigenvalue weighted by atomic mass is 16.5. The lowest BCUT2D eigenvalue weighted by molar-refractivity contribution is 0.162. The highest BCUT2D eigenvalue weighted by molar-refractivity contribution is 5.44. The van der Waals surface area contributed by atoms with E-state index >= 15 is 0 Å². The van der Waals surface area contributed by atoms with Crippen molar-refractivity contribution >= 4 is 0 Å². The van der Waals surface area contributed by atoms with E-state index in [0.717, 1.165) is 12.0 Å². The van der Waals surface area contributed by atoms with Crippen LogP contribution in [0.1, 0.15) is 32.8 Å². The summed E-state index contributed by atoms with van der Waals surface area (Å²) >= 11 is 0. The maximum atomic E-state index is 9.65. The molecule has 1 aromatic rings. The second-order valence-corrected chi connectivity index (χ2v) is 4.83. The Labute approximate surface area is 109 Å². The molecule has 102 valence electrons. The second kappa shape index (κ2) is 6.07. The number of methoxy groups -OCH3 is 1. The zero-order chi connectivity index (χ0) is 13.8. The summed E-state index contributed by atoms with van der Waals surface area (Å²) in [5, 5.41) is 22.6. The van der Waals surface area contributed by atoms with E-state index in [0.29, 0.717) is 11.8 Å². The molecular weight excluding hydrogens is 230 g/mol. The van der Waals surface area contributed by atoms with Gasteiger partial charge >= 0.3 is 0 Å². The highest BCUT2D eigenvalue weighted by Crippen LogP contribution is 2.31. The number of hydrogen-bond donors (Lipinski definition) is 3. The Bertz CT molecular complexity index is 395. The van der Waals surface area contributed by atoms with Crippen LogP contribution in [0.4, 0.5) is 0 Å². The number of phenolic OH excluding ortho intramolecular Hbond substituents is 1. The van der Waals surface area contributed by atoms with Gasteiger partial charge in [-0.1, -0.05) is 13.0 Å². The number of phenols is 1. The zero-order valence-corrected chi connectivity index (χ0v) is 11.5. The van der Waals surface area contributed by atoms with Crippen LogP contribution in [0.2, 0.25) is 0 Å². The molecule has 4 heteroatoms. The van der Waals surface area contributed by atoms with Crippen molar-refractivity contribution in [3.8, 4) is 11.5 Å². The van der Waals surface area contributed by atoms with Crippen molar-refractivity contribution in [1.82, 2.24) is 5.32 Å². The third-order valence-corrected chi connectivity index (χ3v) is 3.31. The lowest BCUT2D eigenvalue weighted by Gasteiger charge is -2.33. The first-order valence-electron chi connectivity index (χ1n) is 6.23. The highest BCUT2D eigenvalue weighted by Gasteiger charge is 2.27. The third kappa shape index (κ3) is 3.15. The molecule has 0 amide bonds. The van der Waals surface area contributed by atoms with Crippen molar-refractivity contribution in [2.24, 2.45) is 0 Å². The molecule has 0 aliphatic rings. The first-order valence-corrected chi connectivity index (χ1v) is 6.23. The minimum absolute atomic E-state index is 0.0226. The van der Waals surface area contributed by atoms with Gasteiger partial charge in [0.15, 0.2) is 11.5 Å². The number of ether oxygens (including phenoxy) is 1. The van der Waals surface area contributed by atoms with E-state index in [1.807, 2.05) is 6.92 Å². The fraction of sp³-hybridized carbons (Fsp3) is 0.571. The summed E-state index contributed by atoms with van der Waals surface area (Å²) in [6, 6.07) is 5.42. The molecule has 0 aromatic heterocycles. The zero-order valence-electron chi connectivity index (χ0n) is 11.5. The number of nitrogens with one attached hydrogen (secondary N) is 1. The van der Waals surface area contributed by atoms with Gasteiger partial charge in [-0.15, -0.1) is 0 Å². The van der Waals surface area contributed by atoms with E-state index in [9.17, 15) is 10.2 Å². The van der Waals surface area contributed by atoms with E-state index < -0.39 is 5.54 Å². The molecule has 1 aromatic carbocycles. The molecule has 0 saturated carbocycles. The van der Waals surface area contributed by atoms with Crippen LogP contribution in [0.15, 0.2) is 18.2 Å². The molecule has 4 nitrogen and oxygen atoms in total. The Kier molecular flexibility index (Phi) is 4.99. The lowest BCUT2D eigenvalue weighted by atomic mass is 9.91. The number of benzene rings is 1. The summed E-state index contributed by atoms with van der Waals surface area (Å²) in [5.74, 6) is 0.517. The monoisotopic (exact) mass is 253 g/mol. The smallest absolute Gasteiger partial charge is 0.160 e. The minimum atomic E-state index is -0.545. The number of aliphatic hydroxyl groups is 1. The van der Waals surface area contributed by atoms with E-state index in [1.165, 1.54) is 7.11 Å². The standard InChI is InChI=1S/C14H23NO3/c1-5-10(2)15-14(3,9-16)11-6-7-12(17)13(8-11)18-4/h6-8,10,15-17H,5,9H2,1-4H3. The van der Waals surface area contributed by atoms with Crippen LogP contribution in [0, 0.1) is 0 Å². The molecule has 0 aliphatic carbocycles. The maximum absolute atomic E-state index is 9.65. The number of aromatic hydroxyl groups is 1. The van der Waals surface area contributed by atoms with Gasteiger partial charge in [-0.3, -0.25) is 0 Å². The van der Waals surface area contributed by atoms with Crippen LogP contribution in [-0.2, 0) is 5.54 Å². The minimum Gasteiger partial charge on any atom is -0.504 e. The van der Waals surface area contributed by atoms with Crippen molar-refractivity contribution in [3.63, 3.8) is 0 Å². The van der Waals surface area contributed by atoms with Crippen LogP contribution >= 0.6 is 0 Å². The van der Waals surface area contributed by atoms with Gasteiger partial charge in [0.1, 0.15) is 0 Å². The van der Waals surface area contributed by atoms with Crippen LogP contribution in [0.25, 0.3) is 0 Å². The Balaban J connectivity index is 3.07. The number of aliphatic hydroxyl groups excluding tert-OH is 1. The van der Waals surface area contributed by atoms with Crippen molar-refractivity contribution in [2.45, 2.75) is 38.8 Å². The molecular formula is C14H23NO3. The van der Waals surface area contributed by atoms with Gasteiger partial charge in [0.2, 0.25) is 0 Å². The van der Waals surface area contributed by atoms with Crippen LogP contribution in [0.5, 0.6) is 11.5 Å². The molecule has 2 unspecified atom stereocenters. The molecule has 18 heavy (non-hydrogen) atoms. The van der Waals surface area contributed by atoms with Gasteiger partial charge in [-0.25, -0.2) is 0 Å². The first kappa shape index (κ1) is 14.8. The molecule has 0 spiro atoms. The normalized spacial score (nSPS) is 16.1. The number of rotatable bonds is 6. The van der Waals surface area contributed by atoms with E-state index in [-0.39, 0.29) is 12.4 Å². The van der Waals surface area contributed by atoms with Crippen LogP contribution < -0.4 is 10.1 Å². The van der Waals surface area contributed by atoms with Gasteiger partial charge in [-0.05, 0) is 38.0 Å². The maximum Gasteiger partial charge on any atom is 0.160 e. The average Bonchev–Trinajstić information content (AvgIpc) is 2.38. The Hall–Kier alpha value is -1.26. The van der Waals surface area contributed by atoms with E-state index in [2.05, 4.69) is 19.2 Å². The predicted molar refractivity (Wildman–Crippen MR) is 72.0 cm³/mol. The summed E-state index contributed by atoms with van der Waals surface area (Å²) in [4.78, 5) is 0. The lowest BCUT2D eigenvalue weighted by Crippen LogP contribution is -2.47. The van der Waals surface area contributed by atoms with Gasteiger partial charge in [-0.2, -0.15) is 0 Å². The predicted octanol–water partition coefficient (Wildman–Crippen LogP) is 2.00. The molecule has 3 N–H and O–H groups in total. The van der Waals surface area contributed by atoms with Crippen LogP contribution in [-0.4, -0.2) is 30.0 Å². The molecule has 1 rings (SSSR count). The summed E-state index contributed by atoms with van der Waals surface area (Å²) in [7, 11) is 1.51. The van der Waals surface area contributed by atoms with E-state index in [4.69, 9.17) is 4.74 Å². The van der Waals surface area contributed by atoms with Crippen molar-refractivity contribution in [1.29, 1.82) is 0 Å². The summed E-state index contributed by atoms with van der Waals surface area (Å²) in [6.45, 7) is 6.08. The van der Waals surface area contributed by atoms with Gasteiger partial charge in [0.25, 0.3) is 0 Å². The largest absolute Gasteiger partial charge is 0.504 e. The van der Waals surface area contributed by atoms with Crippen LogP contribution in [0.3, 0.4) is 0 Å². The Morgan fingerprint density at radius 2 is 2.11 bits per heavy atom. The SMILES string of the molecule is CCC(C)NC(C)(CO)c1ccc(O)c(OC)c1. The molecule has 0 bridgehead atoms. The number of hydrogen-bond acceptors (Lipinski definition) is 4. The van der Waals surface area contributed by atoms with Gasteiger partial charge in [0, 0.05) is 6.04 Å². The average molecular weight is 253 g/mol. The Morgan fingerprint density at radius 1 is 1.44 bits per heavy atom. The van der Waals surface area contributed by atoms with Crippen molar-refractivity contribution in [3.05, 3.63) is 23.8 Å². The van der Waals surface area contributed by atoms with Crippen molar-refractivity contribution < 1.29 is 14.9 Å². The van der Waals surface area contributed by atoms with E-state index in [1.54, 1.807) is 18.2 Å². The second-order valence-electron chi connectivity index (χ2n) is 4.83. The summed E-state index contributed by atoms with van der Waals surface area (Å²) in [5.41, 5.74) is 0.344. The summed E-state index contributed by atoms with van der Waals surface area (Å²) < 4.78 is 5.10. The van der Waals surface area contributed by atoms with Crippen molar-refractivity contribution in [2.75, 3.05) is 13.7 Å². The molecule has 0 aliphatic heterocycles. The molecule has 0 fully saturated rings. The fourth-order valence-corrected chi connectivity index (χ4v) is 1.89. The van der Waals surface area contributed by atoms with Gasteiger partial charge < -0.3 is 20.3 Å². The quantitative estimate of drug-likeness (QED) is 0.725. The fourth-order valence-electron chi connectivity index (χ4n) is 1.89. The molecule has 0 heterocycles. The molecule has 2 atom stereocenters. The topological polar surface area (TPSA) is 61.7 Å². The van der Waals surface area contributed by atoms with Gasteiger partial charge in [0.05, 0.1) is 19.3 Å². The first-order chi connectivity index (χ1) is 8.46.